The molecule has 0 radical (unpaired) electrons. The van der Waals surface area contributed by atoms with Crippen molar-refractivity contribution >= 4 is 21.8 Å². The van der Waals surface area contributed by atoms with E-state index >= 15 is 0 Å². The standard InChI is InChI=1S/C58H38N4/c1-4-16-39(17-5-1)52-38-53(40-18-6-2-7-19-40)61-57(60-52)42-20-14-23-45(36-42)62-54-29-13-11-24-47(54)49-37-41(30-31-55(49)62)46-26-15-28-51-56(46)48-25-10-12-27-50(48)58(51,43-21-8-3-9-22-43)44-32-34-59-35-33-44/h1-38H. The molecule has 12 rings (SSSR count). The highest BCUT2D eigenvalue weighted by Crippen LogP contribution is 2.58. The molecule has 0 fully saturated rings. The van der Waals surface area contributed by atoms with E-state index in [0.29, 0.717) is 5.82 Å². The largest absolute Gasteiger partial charge is 0.309 e. The van der Waals surface area contributed by atoms with Gasteiger partial charge in [0.25, 0.3) is 0 Å². The lowest BCUT2D eigenvalue weighted by Gasteiger charge is -2.33. The highest BCUT2D eigenvalue weighted by atomic mass is 15.0. The maximum absolute atomic E-state index is 5.16. The molecule has 1 aliphatic rings. The summed E-state index contributed by atoms with van der Waals surface area (Å²) in [7, 11) is 0. The fourth-order valence-electron chi connectivity index (χ4n) is 9.94. The fourth-order valence-corrected chi connectivity index (χ4v) is 9.94. The number of pyridine rings is 1. The van der Waals surface area contributed by atoms with Gasteiger partial charge in [0.2, 0.25) is 0 Å². The van der Waals surface area contributed by atoms with E-state index in [0.717, 1.165) is 44.8 Å². The second-order valence-electron chi connectivity index (χ2n) is 16.0. The first kappa shape index (κ1) is 35.7. The van der Waals surface area contributed by atoms with Gasteiger partial charge in [0.1, 0.15) is 0 Å². The summed E-state index contributed by atoms with van der Waals surface area (Å²) >= 11 is 0. The van der Waals surface area contributed by atoms with Crippen molar-refractivity contribution in [2.24, 2.45) is 0 Å². The van der Waals surface area contributed by atoms with Crippen molar-refractivity contribution in [3.63, 3.8) is 0 Å². The molecule has 290 valence electrons. The third-order valence-electron chi connectivity index (χ3n) is 12.6. The Bertz CT molecular complexity index is 3350. The molecule has 0 bridgehead atoms. The molecule has 3 aromatic heterocycles. The SMILES string of the molecule is c1ccc(-c2cc(-c3ccccc3)nc(-c3cccc(-n4c5ccccc5c5cc(-c6cccc7c6-c6ccccc6C7(c6ccccc6)c6ccncc6)ccc54)c3)n2)cc1. The Balaban J connectivity index is 1.03. The number of fused-ring (bicyclic) bond motifs is 6. The monoisotopic (exact) mass is 790 g/mol. The Hall–Kier alpha value is -8.21. The summed E-state index contributed by atoms with van der Waals surface area (Å²) in [5, 5.41) is 2.40. The third-order valence-corrected chi connectivity index (χ3v) is 12.6. The molecular weight excluding hydrogens is 753 g/mol. The summed E-state index contributed by atoms with van der Waals surface area (Å²) in [6, 6.07) is 78.2. The predicted octanol–water partition coefficient (Wildman–Crippen LogP) is 14.0. The molecule has 8 aromatic carbocycles. The molecule has 3 heterocycles. The van der Waals surface area contributed by atoms with Crippen LogP contribution in [0.5, 0.6) is 0 Å². The Morgan fingerprint density at radius 2 is 0.952 bits per heavy atom. The fraction of sp³-hybridized carbons (Fsp3) is 0.0172. The van der Waals surface area contributed by atoms with E-state index in [1.807, 2.05) is 24.5 Å². The number of hydrogen-bond donors (Lipinski definition) is 0. The number of para-hydroxylation sites is 1. The minimum atomic E-state index is -0.497. The number of aromatic nitrogens is 4. The molecule has 4 nitrogen and oxygen atoms in total. The van der Waals surface area contributed by atoms with Crippen molar-refractivity contribution in [1.82, 2.24) is 19.5 Å². The van der Waals surface area contributed by atoms with Crippen LogP contribution >= 0.6 is 0 Å². The lowest BCUT2D eigenvalue weighted by atomic mass is 9.68. The van der Waals surface area contributed by atoms with Gasteiger partial charge in [-0.15, -0.1) is 0 Å². The first-order chi connectivity index (χ1) is 30.8. The summed E-state index contributed by atoms with van der Waals surface area (Å²) < 4.78 is 2.38. The summed E-state index contributed by atoms with van der Waals surface area (Å²) in [4.78, 5) is 14.8. The van der Waals surface area contributed by atoms with Crippen LogP contribution in [0.4, 0.5) is 0 Å². The maximum atomic E-state index is 5.16. The Labute approximate surface area is 360 Å². The molecule has 62 heavy (non-hydrogen) atoms. The molecule has 4 heteroatoms. The molecule has 0 aliphatic heterocycles. The minimum Gasteiger partial charge on any atom is -0.309 e. The zero-order chi connectivity index (χ0) is 41.0. The van der Waals surface area contributed by atoms with Gasteiger partial charge in [-0.3, -0.25) is 4.98 Å². The van der Waals surface area contributed by atoms with Gasteiger partial charge < -0.3 is 4.57 Å². The van der Waals surface area contributed by atoms with Crippen molar-refractivity contribution in [3.8, 4) is 61.8 Å². The average molecular weight is 791 g/mol. The van der Waals surface area contributed by atoms with E-state index in [9.17, 15) is 0 Å². The lowest BCUT2D eigenvalue weighted by Crippen LogP contribution is -2.28. The molecule has 0 N–H and O–H groups in total. The Kier molecular flexibility index (Phi) is 8.36. The van der Waals surface area contributed by atoms with Gasteiger partial charge in [-0.2, -0.15) is 0 Å². The molecule has 0 spiro atoms. The van der Waals surface area contributed by atoms with Gasteiger partial charge in [0, 0.05) is 45.5 Å². The quantitative estimate of drug-likeness (QED) is 0.161. The molecule has 0 saturated heterocycles. The van der Waals surface area contributed by atoms with E-state index < -0.39 is 5.41 Å². The zero-order valence-corrected chi connectivity index (χ0v) is 33.7. The van der Waals surface area contributed by atoms with E-state index in [4.69, 9.17) is 9.97 Å². The van der Waals surface area contributed by atoms with Crippen LogP contribution < -0.4 is 0 Å². The van der Waals surface area contributed by atoms with Gasteiger partial charge >= 0.3 is 0 Å². The van der Waals surface area contributed by atoms with E-state index in [2.05, 4.69) is 216 Å². The second-order valence-corrected chi connectivity index (χ2v) is 16.0. The summed E-state index contributed by atoms with van der Waals surface area (Å²) in [6.45, 7) is 0. The first-order valence-corrected chi connectivity index (χ1v) is 21.1. The Morgan fingerprint density at radius 1 is 0.371 bits per heavy atom. The van der Waals surface area contributed by atoms with Gasteiger partial charge in [-0.05, 0) is 93.0 Å². The molecule has 0 saturated carbocycles. The van der Waals surface area contributed by atoms with Crippen LogP contribution in [0.15, 0.2) is 231 Å². The van der Waals surface area contributed by atoms with E-state index in [-0.39, 0.29) is 0 Å². The molecular formula is C58H38N4. The van der Waals surface area contributed by atoms with Crippen LogP contribution in [0.2, 0.25) is 0 Å². The predicted molar refractivity (Wildman–Crippen MR) is 253 cm³/mol. The Morgan fingerprint density at radius 3 is 1.71 bits per heavy atom. The minimum absolute atomic E-state index is 0.497. The topological polar surface area (TPSA) is 43.6 Å². The van der Waals surface area contributed by atoms with E-state index in [1.165, 1.54) is 55.3 Å². The van der Waals surface area contributed by atoms with Crippen molar-refractivity contribution in [2.75, 3.05) is 0 Å². The number of nitrogens with zero attached hydrogens (tertiary/aromatic N) is 4. The molecule has 11 aromatic rings. The van der Waals surface area contributed by atoms with Crippen LogP contribution in [-0.2, 0) is 5.41 Å². The highest BCUT2D eigenvalue weighted by molar-refractivity contribution is 6.11. The van der Waals surface area contributed by atoms with E-state index in [1.54, 1.807) is 0 Å². The van der Waals surface area contributed by atoms with Crippen LogP contribution in [-0.4, -0.2) is 19.5 Å². The molecule has 1 unspecified atom stereocenters. The van der Waals surface area contributed by atoms with Gasteiger partial charge in [-0.1, -0.05) is 170 Å². The van der Waals surface area contributed by atoms with Crippen molar-refractivity contribution in [1.29, 1.82) is 0 Å². The summed E-state index contributed by atoms with van der Waals surface area (Å²) in [6.07, 6.45) is 3.83. The van der Waals surface area contributed by atoms with Crippen LogP contribution in [0.1, 0.15) is 22.3 Å². The number of hydrogen-bond acceptors (Lipinski definition) is 3. The summed E-state index contributed by atoms with van der Waals surface area (Å²) in [5.74, 6) is 0.687. The second kappa shape index (κ2) is 14.5. The van der Waals surface area contributed by atoms with Gasteiger partial charge in [0.15, 0.2) is 5.82 Å². The van der Waals surface area contributed by atoms with Gasteiger partial charge in [0.05, 0.1) is 27.8 Å². The van der Waals surface area contributed by atoms with Gasteiger partial charge in [-0.25, -0.2) is 9.97 Å². The first-order valence-electron chi connectivity index (χ1n) is 21.1. The lowest BCUT2D eigenvalue weighted by molar-refractivity contribution is 0.766. The van der Waals surface area contributed by atoms with Crippen molar-refractivity contribution in [2.45, 2.75) is 5.41 Å². The van der Waals surface area contributed by atoms with Crippen LogP contribution in [0.25, 0.3) is 83.6 Å². The third kappa shape index (κ3) is 5.58. The smallest absolute Gasteiger partial charge is 0.160 e. The summed E-state index contributed by atoms with van der Waals surface area (Å²) in [5.41, 5.74) is 17.6. The number of rotatable bonds is 7. The normalized spacial score (nSPS) is 14.2. The molecule has 0 amide bonds. The zero-order valence-electron chi connectivity index (χ0n) is 33.7. The highest BCUT2D eigenvalue weighted by Gasteiger charge is 2.46. The maximum Gasteiger partial charge on any atom is 0.160 e. The van der Waals surface area contributed by atoms with Crippen molar-refractivity contribution in [3.05, 3.63) is 253 Å². The molecule has 1 aliphatic carbocycles. The number of benzene rings is 8. The van der Waals surface area contributed by atoms with Crippen molar-refractivity contribution < 1.29 is 0 Å². The van der Waals surface area contributed by atoms with Crippen LogP contribution in [0.3, 0.4) is 0 Å². The molecule has 1 atom stereocenters. The van der Waals surface area contributed by atoms with Crippen LogP contribution in [0, 0.1) is 0 Å². The average Bonchev–Trinajstić information content (AvgIpc) is 3.86.